The molecule has 1 aliphatic heterocycles. The SMILES string of the molecule is COC(=O)COc1cc(Br)c([C@H]2C(C(=O)OC)=C(C)NC3=C2C(=O)c2ccccc23)cc1OC. The number of carbonyl (C=O) groups excluding carboxylic acids is 3. The van der Waals surface area contributed by atoms with E-state index < -0.39 is 17.9 Å². The van der Waals surface area contributed by atoms with Crippen LogP contribution in [0.3, 0.4) is 0 Å². The van der Waals surface area contributed by atoms with Crippen LogP contribution in [-0.2, 0) is 19.1 Å². The molecule has 0 bridgehead atoms. The predicted octanol–water partition coefficient (Wildman–Crippen LogP) is 3.75. The first kappa shape index (κ1) is 23.6. The predicted molar refractivity (Wildman–Crippen MR) is 126 cm³/mol. The summed E-state index contributed by atoms with van der Waals surface area (Å²) < 4.78 is 21.3. The minimum absolute atomic E-state index is 0.172. The molecule has 1 atom stereocenters. The van der Waals surface area contributed by atoms with E-state index in [-0.39, 0.29) is 12.4 Å². The lowest BCUT2D eigenvalue weighted by Gasteiger charge is -2.30. The Morgan fingerprint density at radius 2 is 1.74 bits per heavy atom. The van der Waals surface area contributed by atoms with Crippen LogP contribution in [0, 0.1) is 0 Å². The Balaban J connectivity index is 1.89. The van der Waals surface area contributed by atoms with Gasteiger partial charge in [-0.25, -0.2) is 9.59 Å². The zero-order valence-electron chi connectivity index (χ0n) is 19.0. The zero-order chi connectivity index (χ0) is 24.6. The van der Waals surface area contributed by atoms with E-state index in [1.165, 1.54) is 21.3 Å². The number of esters is 2. The minimum Gasteiger partial charge on any atom is -0.493 e. The summed E-state index contributed by atoms with van der Waals surface area (Å²) in [5.74, 6) is -1.38. The first-order valence-corrected chi connectivity index (χ1v) is 11.1. The van der Waals surface area contributed by atoms with Crippen molar-refractivity contribution in [2.24, 2.45) is 0 Å². The van der Waals surface area contributed by atoms with E-state index in [0.29, 0.717) is 49.6 Å². The highest BCUT2D eigenvalue weighted by Crippen LogP contribution is 2.49. The number of allylic oxidation sites excluding steroid dienone is 2. The van der Waals surface area contributed by atoms with Gasteiger partial charge in [-0.15, -0.1) is 0 Å². The number of dihydropyridines is 1. The van der Waals surface area contributed by atoms with Gasteiger partial charge in [-0.1, -0.05) is 40.2 Å². The van der Waals surface area contributed by atoms with Crippen molar-refractivity contribution in [2.75, 3.05) is 27.9 Å². The number of ether oxygens (including phenoxy) is 4. The Labute approximate surface area is 204 Å². The summed E-state index contributed by atoms with van der Waals surface area (Å²) in [6.07, 6.45) is 0. The van der Waals surface area contributed by atoms with E-state index in [1.54, 1.807) is 31.2 Å². The Kier molecular flexibility index (Phi) is 6.47. The van der Waals surface area contributed by atoms with Crippen LogP contribution >= 0.6 is 15.9 Å². The monoisotopic (exact) mass is 527 g/mol. The van der Waals surface area contributed by atoms with Crippen LogP contribution in [0.4, 0.5) is 0 Å². The maximum atomic E-state index is 13.5. The van der Waals surface area contributed by atoms with Gasteiger partial charge in [0.25, 0.3) is 0 Å². The Bertz CT molecular complexity index is 1280. The molecule has 2 aliphatic rings. The molecule has 2 aromatic carbocycles. The summed E-state index contributed by atoms with van der Waals surface area (Å²) in [7, 11) is 4.03. The van der Waals surface area contributed by atoms with E-state index in [2.05, 4.69) is 26.0 Å². The molecule has 4 rings (SSSR count). The van der Waals surface area contributed by atoms with Crippen LogP contribution in [0.15, 0.2) is 57.7 Å². The Hall–Kier alpha value is -3.59. The Morgan fingerprint density at radius 1 is 1.03 bits per heavy atom. The van der Waals surface area contributed by atoms with E-state index in [4.69, 9.17) is 14.2 Å². The molecular weight excluding hydrogens is 506 g/mol. The summed E-state index contributed by atoms with van der Waals surface area (Å²) in [5, 5.41) is 3.24. The number of nitrogens with one attached hydrogen (secondary N) is 1. The van der Waals surface area contributed by atoms with Crippen LogP contribution in [0.25, 0.3) is 5.70 Å². The maximum Gasteiger partial charge on any atom is 0.343 e. The molecule has 0 saturated carbocycles. The summed E-state index contributed by atoms with van der Waals surface area (Å²) in [4.78, 5) is 38.0. The number of carbonyl (C=O) groups is 3. The molecule has 0 radical (unpaired) electrons. The molecule has 2 aromatic rings. The van der Waals surface area contributed by atoms with E-state index in [9.17, 15) is 14.4 Å². The molecule has 8 nitrogen and oxygen atoms in total. The number of fused-ring (bicyclic) bond motifs is 2. The average Bonchev–Trinajstić information content (AvgIpc) is 3.13. The maximum absolute atomic E-state index is 13.5. The van der Waals surface area contributed by atoms with Crippen molar-refractivity contribution in [2.45, 2.75) is 12.8 Å². The van der Waals surface area contributed by atoms with Gasteiger partial charge < -0.3 is 24.3 Å². The van der Waals surface area contributed by atoms with Crippen LogP contribution in [-0.4, -0.2) is 45.7 Å². The van der Waals surface area contributed by atoms with Crippen LogP contribution in [0.1, 0.15) is 34.3 Å². The number of ketones is 1. The Morgan fingerprint density at radius 3 is 2.38 bits per heavy atom. The van der Waals surface area contributed by atoms with Crippen molar-refractivity contribution in [1.29, 1.82) is 0 Å². The van der Waals surface area contributed by atoms with E-state index in [1.807, 2.05) is 12.1 Å². The smallest absolute Gasteiger partial charge is 0.343 e. The topological polar surface area (TPSA) is 100 Å². The van der Waals surface area contributed by atoms with Crippen molar-refractivity contribution in [3.63, 3.8) is 0 Å². The summed E-state index contributed by atoms with van der Waals surface area (Å²) in [5.41, 5.74) is 3.94. The highest BCUT2D eigenvalue weighted by molar-refractivity contribution is 9.10. The third-order valence-electron chi connectivity index (χ3n) is 5.82. The number of hydrogen-bond donors (Lipinski definition) is 1. The number of rotatable bonds is 6. The average molecular weight is 528 g/mol. The lowest BCUT2D eigenvalue weighted by atomic mass is 9.79. The summed E-state index contributed by atoms with van der Waals surface area (Å²) in [6.45, 7) is 1.47. The second-order valence-electron chi connectivity index (χ2n) is 7.64. The van der Waals surface area contributed by atoms with Gasteiger partial charge in [-0.3, -0.25) is 4.79 Å². The molecule has 0 saturated heterocycles. The highest BCUT2D eigenvalue weighted by Gasteiger charge is 2.43. The van der Waals surface area contributed by atoms with Gasteiger partial charge in [0.15, 0.2) is 23.9 Å². The van der Waals surface area contributed by atoms with Crippen LogP contribution in [0.5, 0.6) is 11.5 Å². The normalized spacial score (nSPS) is 16.5. The van der Waals surface area contributed by atoms with Crippen molar-refractivity contribution in [3.05, 3.63) is 74.4 Å². The molecule has 1 N–H and O–H groups in total. The van der Waals surface area contributed by atoms with Crippen molar-refractivity contribution >= 4 is 39.3 Å². The fourth-order valence-corrected chi connectivity index (χ4v) is 4.81. The van der Waals surface area contributed by atoms with Gasteiger partial charge in [0.2, 0.25) is 0 Å². The summed E-state index contributed by atoms with van der Waals surface area (Å²) >= 11 is 3.56. The molecule has 0 fully saturated rings. The minimum atomic E-state index is -0.735. The number of methoxy groups -OCH3 is 3. The van der Waals surface area contributed by atoms with Crippen LogP contribution < -0.4 is 14.8 Å². The van der Waals surface area contributed by atoms with Crippen molar-refractivity contribution in [3.8, 4) is 11.5 Å². The molecule has 0 aromatic heterocycles. The molecule has 1 aliphatic carbocycles. The van der Waals surface area contributed by atoms with Gasteiger partial charge >= 0.3 is 11.9 Å². The lowest BCUT2D eigenvalue weighted by Crippen LogP contribution is -2.29. The molecule has 1 heterocycles. The van der Waals surface area contributed by atoms with Gasteiger partial charge in [-0.05, 0) is 24.6 Å². The van der Waals surface area contributed by atoms with Gasteiger partial charge in [0.1, 0.15) is 0 Å². The standard InChI is InChI=1S/C25H22BrNO7/c1-12-20(25(30)33-4)21(22-23(27-12)13-7-5-6-8-14(13)24(22)29)15-9-17(31-2)18(10-16(15)26)34-11-19(28)32-3/h5-10,21,27H,11H2,1-4H3/t21-/m0/s1. The second kappa shape index (κ2) is 9.34. The molecule has 0 spiro atoms. The number of Topliss-reactive ketones (excluding diaryl/α,β-unsaturated/α-hetero) is 1. The number of halogens is 1. The zero-order valence-corrected chi connectivity index (χ0v) is 20.6. The fourth-order valence-electron chi connectivity index (χ4n) is 4.26. The third kappa shape index (κ3) is 3.86. The van der Waals surface area contributed by atoms with Crippen molar-refractivity contribution < 1.29 is 33.3 Å². The van der Waals surface area contributed by atoms with Crippen LogP contribution in [0.2, 0.25) is 0 Å². The summed E-state index contributed by atoms with van der Waals surface area (Å²) in [6, 6.07) is 10.6. The molecule has 0 unspecified atom stereocenters. The van der Waals surface area contributed by atoms with Gasteiger partial charge in [-0.2, -0.15) is 0 Å². The first-order chi connectivity index (χ1) is 16.3. The first-order valence-electron chi connectivity index (χ1n) is 10.3. The fraction of sp³-hybridized carbons (Fsp3) is 0.240. The molecule has 9 heteroatoms. The van der Waals surface area contributed by atoms with Gasteiger partial charge in [0.05, 0.1) is 38.5 Å². The second-order valence-corrected chi connectivity index (χ2v) is 8.50. The van der Waals surface area contributed by atoms with Crippen molar-refractivity contribution in [1.82, 2.24) is 5.32 Å². The molecular formula is C25H22BrNO7. The largest absolute Gasteiger partial charge is 0.493 e. The quantitative estimate of drug-likeness (QED) is 0.567. The van der Waals surface area contributed by atoms with Gasteiger partial charge in [0, 0.05) is 26.9 Å². The highest BCUT2D eigenvalue weighted by atomic mass is 79.9. The molecule has 0 amide bonds. The lowest BCUT2D eigenvalue weighted by molar-refractivity contribution is -0.143. The number of benzene rings is 2. The van der Waals surface area contributed by atoms with E-state index >= 15 is 0 Å². The number of hydrogen-bond acceptors (Lipinski definition) is 8. The van der Waals surface area contributed by atoms with E-state index in [0.717, 1.165) is 5.56 Å². The third-order valence-corrected chi connectivity index (χ3v) is 6.51. The molecule has 34 heavy (non-hydrogen) atoms. The molecule has 176 valence electrons.